The Balaban J connectivity index is 1.37. The van der Waals surface area contributed by atoms with Crippen molar-refractivity contribution in [2.24, 2.45) is 11.8 Å². The lowest BCUT2D eigenvalue weighted by Crippen LogP contribution is -2.58. The number of aliphatic carboxylic acids is 1. The summed E-state index contributed by atoms with van der Waals surface area (Å²) >= 11 is 0. The summed E-state index contributed by atoms with van der Waals surface area (Å²) in [4.78, 5) is 46.5. The molecule has 12 nitrogen and oxygen atoms in total. The summed E-state index contributed by atoms with van der Waals surface area (Å²) in [5.74, 6) is -0.305. The van der Waals surface area contributed by atoms with Gasteiger partial charge in [-0.25, -0.2) is 9.78 Å². The van der Waals surface area contributed by atoms with E-state index in [0.717, 1.165) is 16.5 Å². The standard InChI is InChI=1S/C42H50N4O8/c1-25(2)13-16-38(47)44-35-20-27-9-8-12-30(19-27)53-18-17-26(3)39(42(50)51)45-40(48)36-22-31(24-46(36)41(35)49)54-37-23-33(28-10-6-5-7-11-28)43-34-21-29(52-4)14-15-32(34)37/h5-12,14-15,19,21,23,25-26,31,35-36,39,41,49H,13,16-18,20,22,24H2,1-4H3,(H,44,47)(H,45,48)(H,50,51)/t26?,31?,35-,36-,39?,41?/m0/s1. The highest BCUT2D eigenvalue weighted by atomic mass is 16.5. The number of aliphatic hydroxyl groups is 1. The third-order valence-electron chi connectivity index (χ3n) is 10.3. The number of aliphatic hydroxyl groups excluding tert-OH is 1. The predicted molar refractivity (Wildman–Crippen MR) is 204 cm³/mol. The van der Waals surface area contributed by atoms with Crippen LogP contribution in [0.4, 0.5) is 0 Å². The number of aromatic nitrogens is 1. The average molecular weight is 739 g/mol. The highest BCUT2D eigenvalue weighted by Gasteiger charge is 2.45. The van der Waals surface area contributed by atoms with Gasteiger partial charge in [0, 0.05) is 42.5 Å². The van der Waals surface area contributed by atoms with Gasteiger partial charge in [-0.3, -0.25) is 14.5 Å². The Morgan fingerprint density at radius 1 is 1.07 bits per heavy atom. The van der Waals surface area contributed by atoms with Crippen LogP contribution in [0.3, 0.4) is 0 Å². The van der Waals surface area contributed by atoms with Gasteiger partial charge in [-0.1, -0.05) is 63.2 Å². The largest absolute Gasteiger partial charge is 0.497 e. The fourth-order valence-corrected chi connectivity index (χ4v) is 7.20. The maximum Gasteiger partial charge on any atom is 0.326 e. The van der Waals surface area contributed by atoms with E-state index in [4.69, 9.17) is 19.2 Å². The number of hydrogen-bond donors (Lipinski definition) is 4. The van der Waals surface area contributed by atoms with Crippen molar-refractivity contribution >= 4 is 28.7 Å². The second-order valence-corrected chi connectivity index (χ2v) is 14.8. The number of carboxylic acid groups (broad SMARTS) is 1. The van der Waals surface area contributed by atoms with E-state index in [1.54, 1.807) is 18.9 Å². The van der Waals surface area contributed by atoms with Gasteiger partial charge in [-0.15, -0.1) is 0 Å². The van der Waals surface area contributed by atoms with E-state index >= 15 is 0 Å². The number of carbonyl (C=O) groups is 3. The highest BCUT2D eigenvalue weighted by Crippen LogP contribution is 2.35. The van der Waals surface area contributed by atoms with Crippen LogP contribution in [0, 0.1) is 11.8 Å². The van der Waals surface area contributed by atoms with Crippen molar-refractivity contribution < 1.29 is 38.8 Å². The Kier molecular flexibility index (Phi) is 12.3. The fourth-order valence-electron chi connectivity index (χ4n) is 7.20. The number of methoxy groups -OCH3 is 1. The van der Waals surface area contributed by atoms with E-state index < -0.39 is 48.3 Å². The Labute approximate surface area is 315 Å². The molecule has 2 aliphatic heterocycles. The zero-order valence-corrected chi connectivity index (χ0v) is 31.2. The van der Waals surface area contributed by atoms with E-state index in [2.05, 4.69) is 10.6 Å². The minimum absolute atomic E-state index is 0.120. The maximum atomic E-state index is 14.2. The summed E-state index contributed by atoms with van der Waals surface area (Å²) in [7, 11) is 1.59. The van der Waals surface area contributed by atoms with E-state index in [9.17, 15) is 24.6 Å². The molecule has 12 heteroatoms. The molecule has 4 N–H and O–H groups in total. The van der Waals surface area contributed by atoms with Crippen molar-refractivity contribution in [3.8, 4) is 28.5 Å². The summed E-state index contributed by atoms with van der Waals surface area (Å²) < 4.78 is 18.2. The first kappa shape index (κ1) is 38.5. The topological polar surface area (TPSA) is 160 Å². The van der Waals surface area contributed by atoms with Gasteiger partial charge < -0.3 is 35.1 Å². The van der Waals surface area contributed by atoms with Gasteiger partial charge >= 0.3 is 5.97 Å². The number of pyridine rings is 1. The summed E-state index contributed by atoms with van der Waals surface area (Å²) in [6.07, 6.45) is -0.186. The maximum absolute atomic E-state index is 14.2. The number of carbonyl (C=O) groups excluding carboxylic acids is 2. The van der Waals surface area contributed by atoms with Crippen LogP contribution in [0.15, 0.2) is 78.9 Å². The fraction of sp³-hybridized carbons (Fsp3) is 0.429. The Morgan fingerprint density at radius 2 is 1.87 bits per heavy atom. The minimum atomic E-state index is -1.33. The lowest BCUT2D eigenvalue weighted by atomic mass is 9.98. The predicted octanol–water partition coefficient (Wildman–Crippen LogP) is 5.20. The Morgan fingerprint density at radius 3 is 2.61 bits per heavy atom. The van der Waals surface area contributed by atoms with E-state index in [1.165, 1.54) is 0 Å². The molecular formula is C42H50N4O8. The number of nitrogens with zero attached hydrogens (tertiary/aromatic N) is 2. The van der Waals surface area contributed by atoms with Crippen LogP contribution in [0.1, 0.15) is 52.0 Å². The lowest BCUT2D eigenvalue weighted by Gasteiger charge is -2.35. The molecule has 0 saturated carbocycles. The number of nitrogens with one attached hydrogen (secondary N) is 2. The molecule has 4 aromatic rings. The molecule has 0 radical (unpaired) electrons. The number of fused-ring (bicyclic) bond motifs is 4. The molecule has 54 heavy (non-hydrogen) atoms. The molecule has 6 atom stereocenters. The normalized spacial score (nSPS) is 23.7. The minimum Gasteiger partial charge on any atom is -0.497 e. The molecule has 6 rings (SSSR count). The van der Waals surface area contributed by atoms with E-state index in [0.29, 0.717) is 47.2 Å². The molecule has 1 aromatic heterocycles. The second-order valence-electron chi connectivity index (χ2n) is 14.8. The van der Waals surface area contributed by atoms with Gasteiger partial charge in [0.15, 0.2) is 0 Å². The number of rotatable bonds is 9. The van der Waals surface area contributed by atoms with Crippen LogP contribution in [0.25, 0.3) is 22.2 Å². The molecule has 0 spiro atoms. The number of ether oxygens (including phenoxy) is 3. The zero-order valence-electron chi connectivity index (χ0n) is 31.2. The van der Waals surface area contributed by atoms with Crippen molar-refractivity contribution in [1.82, 2.24) is 20.5 Å². The van der Waals surface area contributed by atoms with Crippen molar-refractivity contribution in [1.29, 1.82) is 0 Å². The summed E-state index contributed by atoms with van der Waals surface area (Å²) in [6, 6.07) is 21.6. The lowest BCUT2D eigenvalue weighted by molar-refractivity contribution is -0.145. The van der Waals surface area contributed by atoms with Crippen LogP contribution >= 0.6 is 0 Å². The number of carboxylic acids is 1. The van der Waals surface area contributed by atoms with Crippen LogP contribution < -0.4 is 24.8 Å². The summed E-state index contributed by atoms with van der Waals surface area (Å²) in [5.41, 5.74) is 3.06. The van der Waals surface area contributed by atoms with Crippen molar-refractivity contribution in [3.63, 3.8) is 0 Å². The first-order valence-electron chi connectivity index (χ1n) is 18.7. The molecule has 1 saturated heterocycles. The van der Waals surface area contributed by atoms with Gasteiger partial charge in [0.2, 0.25) is 11.8 Å². The highest BCUT2D eigenvalue weighted by molar-refractivity contribution is 5.89. The first-order valence-corrected chi connectivity index (χ1v) is 18.7. The molecule has 0 aliphatic carbocycles. The van der Waals surface area contributed by atoms with Gasteiger partial charge in [-0.05, 0) is 60.9 Å². The zero-order chi connectivity index (χ0) is 38.4. The van der Waals surface area contributed by atoms with Crippen molar-refractivity contribution in [3.05, 3.63) is 84.4 Å². The van der Waals surface area contributed by atoms with Crippen molar-refractivity contribution in [2.75, 3.05) is 20.3 Å². The molecule has 4 unspecified atom stereocenters. The number of benzene rings is 3. The van der Waals surface area contributed by atoms with E-state index in [1.807, 2.05) is 92.7 Å². The molecule has 3 heterocycles. The second kappa shape index (κ2) is 17.3. The van der Waals surface area contributed by atoms with Crippen LogP contribution in [0.2, 0.25) is 0 Å². The molecule has 2 aliphatic rings. The molecule has 286 valence electrons. The third kappa shape index (κ3) is 9.29. The van der Waals surface area contributed by atoms with Gasteiger partial charge in [-0.2, -0.15) is 0 Å². The summed E-state index contributed by atoms with van der Waals surface area (Å²) in [5, 5.41) is 29.0. The first-order chi connectivity index (χ1) is 26.0. The monoisotopic (exact) mass is 738 g/mol. The third-order valence-corrected chi connectivity index (χ3v) is 10.3. The van der Waals surface area contributed by atoms with E-state index in [-0.39, 0.29) is 38.3 Å². The van der Waals surface area contributed by atoms with Crippen LogP contribution in [-0.2, 0) is 20.8 Å². The van der Waals surface area contributed by atoms with Gasteiger partial charge in [0.05, 0.1) is 37.0 Å². The molecule has 1 fully saturated rings. The molecule has 3 aromatic carbocycles. The number of amides is 2. The van der Waals surface area contributed by atoms with Gasteiger partial charge in [0.25, 0.3) is 0 Å². The molecule has 2 amide bonds. The Hall–Kier alpha value is -5.20. The molecular weight excluding hydrogens is 688 g/mol. The van der Waals surface area contributed by atoms with Crippen molar-refractivity contribution in [2.45, 2.75) is 83.3 Å². The van der Waals surface area contributed by atoms with Gasteiger partial charge in [0.1, 0.15) is 35.6 Å². The summed E-state index contributed by atoms with van der Waals surface area (Å²) in [6.45, 7) is 6.21. The van der Waals surface area contributed by atoms with Crippen LogP contribution in [0.5, 0.6) is 17.2 Å². The SMILES string of the molecule is COc1ccc2c(OC3C[C@H]4C(=O)NC(C(=O)O)C(C)CCOc5cccc(c5)C[C@H](NC(=O)CCC(C)C)C(O)N4C3)cc(-c3ccccc3)nc2c1. The Bertz CT molecular complexity index is 1940. The smallest absolute Gasteiger partial charge is 0.326 e. The quantitative estimate of drug-likeness (QED) is 0.180. The molecule has 2 bridgehead atoms. The van der Waals surface area contributed by atoms with Crippen LogP contribution in [-0.4, -0.2) is 88.6 Å². The average Bonchev–Trinajstić information content (AvgIpc) is 3.59. The number of hydrogen-bond acceptors (Lipinski definition) is 9.